The fourth-order valence-corrected chi connectivity index (χ4v) is 6.36. The molecular formula is C35H57NO5Si. The highest BCUT2D eigenvalue weighted by Crippen LogP contribution is 2.40. The number of unbranched alkanes of at least 4 members (excludes halogenated alkanes) is 2. The highest BCUT2D eigenvalue weighted by Gasteiger charge is 2.43. The SMILES string of the molecule is CCCCC[C@@H](C/C=C/CCC(=O)NCC(=O)C1=CC[C@@H](O[Si](C)(C)C(C)(C)C)[C@@H](C)[C@H]1OCc1ccccc1)OC. The molecule has 0 saturated heterocycles. The molecule has 0 aromatic heterocycles. The molecular weight excluding hydrogens is 542 g/mol. The van der Waals surface area contributed by atoms with Crippen LogP contribution < -0.4 is 5.32 Å². The predicted molar refractivity (Wildman–Crippen MR) is 175 cm³/mol. The van der Waals surface area contributed by atoms with Crippen LogP contribution in [0.2, 0.25) is 18.1 Å². The van der Waals surface area contributed by atoms with Crippen LogP contribution in [0.5, 0.6) is 0 Å². The van der Waals surface area contributed by atoms with Crippen molar-refractivity contribution in [1.29, 1.82) is 0 Å². The summed E-state index contributed by atoms with van der Waals surface area (Å²) < 4.78 is 18.8. The van der Waals surface area contributed by atoms with Crippen molar-refractivity contribution in [2.45, 2.75) is 129 Å². The summed E-state index contributed by atoms with van der Waals surface area (Å²) in [5.74, 6) is -0.209. The summed E-state index contributed by atoms with van der Waals surface area (Å²) in [6.07, 6.45) is 13.1. The van der Waals surface area contributed by atoms with E-state index in [1.54, 1.807) is 7.11 Å². The molecule has 0 fully saturated rings. The van der Waals surface area contributed by atoms with Gasteiger partial charge in [-0.1, -0.05) is 102 Å². The Morgan fingerprint density at radius 1 is 1.12 bits per heavy atom. The maximum atomic E-state index is 13.4. The first-order chi connectivity index (χ1) is 19.9. The zero-order valence-corrected chi connectivity index (χ0v) is 28.5. The van der Waals surface area contributed by atoms with Crippen LogP contribution in [0, 0.1) is 5.92 Å². The van der Waals surface area contributed by atoms with Gasteiger partial charge in [0.15, 0.2) is 14.1 Å². The van der Waals surface area contributed by atoms with E-state index < -0.39 is 14.4 Å². The number of rotatable bonds is 18. The Balaban J connectivity index is 1.96. The molecule has 42 heavy (non-hydrogen) atoms. The smallest absolute Gasteiger partial charge is 0.220 e. The van der Waals surface area contributed by atoms with Crippen LogP contribution in [-0.2, 0) is 30.1 Å². The zero-order valence-electron chi connectivity index (χ0n) is 27.5. The van der Waals surface area contributed by atoms with E-state index in [0.717, 1.165) is 18.4 Å². The average molecular weight is 600 g/mol. The number of hydrogen-bond acceptors (Lipinski definition) is 5. The Bertz CT molecular complexity index is 1010. The maximum absolute atomic E-state index is 13.4. The van der Waals surface area contributed by atoms with E-state index >= 15 is 0 Å². The molecule has 1 aliphatic rings. The molecule has 2 rings (SSSR count). The van der Waals surface area contributed by atoms with Crippen molar-refractivity contribution in [2.75, 3.05) is 13.7 Å². The van der Waals surface area contributed by atoms with Gasteiger partial charge in [0.25, 0.3) is 0 Å². The lowest BCUT2D eigenvalue weighted by atomic mass is 9.83. The van der Waals surface area contributed by atoms with Gasteiger partial charge < -0.3 is 19.2 Å². The summed E-state index contributed by atoms with van der Waals surface area (Å²) in [7, 11) is -0.245. The van der Waals surface area contributed by atoms with Gasteiger partial charge in [0.2, 0.25) is 5.91 Å². The number of ketones is 1. The molecule has 7 heteroatoms. The third-order valence-corrected chi connectivity index (χ3v) is 13.3. The molecule has 1 amide bonds. The average Bonchev–Trinajstić information content (AvgIpc) is 2.95. The van der Waals surface area contributed by atoms with E-state index in [1.807, 2.05) is 42.5 Å². The number of nitrogens with one attached hydrogen (secondary N) is 1. The van der Waals surface area contributed by atoms with Gasteiger partial charge in [-0.3, -0.25) is 9.59 Å². The molecule has 0 spiro atoms. The Morgan fingerprint density at radius 2 is 1.83 bits per heavy atom. The first-order valence-corrected chi connectivity index (χ1v) is 18.8. The number of carbonyl (C=O) groups excluding carboxylic acids is 2. The molecule has 0 saturated carbocycles. The lowest BCUT2D eigenvalue weighted by molar-refractivity contribution is -0.125. The van der Waals surface area contributed by atoms with Crippen molar-refractivity contribution < 1.29 is 23.5 Å². The van der Waals surface area contributed by atoms with Crippen LogP contribution in [0.1, 0.15) is 91.5 Å². The van der Waals surface area contributed by atoms with E-state index in [1.165, 1.54) is 19.3 Å². The summed E-state index contributed by atoms with van der Waals surface area (Å²) in [6, 6.07) is 10.0. The van der Waals surface area contributed by atoms with Crippen LogP contribution in [0.25, 0.3) is 0 Å². The van der Waals surface area contributed by atoms with Crippen LogP contribution in [0.15, 0.2) is 54.1 Å². The minimum absolute atomic E-state index is 0.00512. The number of methoxy groups -OCH3 is 1. The van der Waals surface area contributed by atoms with Gasteiger partial charge in [0, 0.05) is 25.0 Å². The molecule has 0 unspecified atom stereocenters. The van der Waals surface area contributed by atoms with Gasteiger partial charge in [0.05, 0.1) is 31.5 Å². The van der Waals surface area contributed by atoms with E-state index in [4.69, 9.17) is 13.9 Å². The van der Waals surface area contributed by atoms with Gasteiger partial charge in [-0.15, -0.1) is 0 Å². The third-order valence-electron chi connectivity index (χ3n) is 8.80. The summed E-state index contributed by atoms with van der Waals surface area (Å²) in [5, 5.41) is 2.93. The van der Waals surface area contributed by atoms with Crippen LogP contribution >= 0.6 is 0 Å². The number of allylic oxidation sites excluding steroid dienone is 1. The standard InChI is InChI=1S/C35H57NO5Si/c1-9-10-13-20-29(39-6)21-16-12-17-22-33(38)36-25-31(37)30-23-24-32(41-42(7,8)35(3,4)5)27(2)34(30)40-26-28-18-14-11-15-19-28/h11-12,14-16,18-19,23,27,29,32,34H,9-10,13,17,20-22,24-26H2,1-8H3,(H,36,38)/b16-12+/t27-,29+,32-,34-/m1/s1. The number of benzene rings is 1. The quantitative estimate of drug-likeness (QED) is 0.105. The van der Waals surface area contributed by atoms with Crippen molar-refractivity contribution in [3.63, 3.8) is 0 Å². The molecule has 1 N–H and O–H groups in total. The highest BCUT2D eigenvalue weighted by atomic mass is 28.4. The fraction of sp³-hybridized carbons (Fsp3) is 0.657. The first kappa shape index (κ1) is 36.1. The Hall–Kier alpha value is -2.06. The minimum atomic E-state index is -2.00. The van der Waals surface area contributed by atoms with Gasteiger partial charge in [-0.05, 0) is 49.4 Å². The molecule has 1 aromatic rings. The molecule has 0 bridgehead atoms. The molecule has 236 valence electrons. The summed E-state index contributed by atoms with van der Waals surface area (Å²) in [6.45, 7) is 16.0. The van der Waals surface area contributed by atoms with E-state index in [0.29, 0.717) is 31.4 Å². The van der Waals surface area contributed by atoms with Gasteiger partial charge in [-0.2, -0.15) is 0 Å². The topological polar surface area (TPSA) is 73.9 Å². The van der Waals surface area contributed by atoms with Gasteiger partial charge in [0.1, 0.15) is 0 Å². The van der Waals surface area contributed by atoms with E-state index in [2.05, 4.69) is 59.1 Å². The Kier molecular flexibility index (Phi) is 15.4. The van der Waals surface area contributed by atoms with E-state index in [-0.39, 0.29) is 41.4 Å². The van der Waals surface area contributed by atoms with Crippen LogP contribution in [0.4, 0.5) is 0 Å². The molecule has 0 aliphatic heterocycles. The van der Waals surface area contributed by atoms with Crippen LogP contribution in [-0.4, -0.2) is 52.0 Å². The molecule has 4 atom stereocenters. The molecule has 6 nitrogen and oxygen atoms in total. The fourth-order valence-electron chi connectivity index (χ4n) is 4.94. The zero-order chi connectivity index (χ0) is 31.2. The lowest BCUT2D eigenvalue weighted by Crippen LogP contribution is -2.49. The summed E-state index contributed by atoms with van der Waals surface area (Å²) >= 11 is 0. The third kappa shape index (κ3) is 11.9. The monoisotopic (exact) mass is 599 g/mol. The van der Waals surface area contributed by atoms with Crippen molar-refractivity contribution in [3.8, 4) is 0 Å². The number of carbonyl (C=O) groups is 2. The van der Waals surface area contributed by atoms with Gasteiger partial charge >= 0.3 is 0 Å². The largest absolute Gasteiger partial charge is 0.413 e. The summed E-state index contributed by atoms with van der Waals surface area (Å²) in [4.78, 5) is 25.9. The number of ether oxygens (including phenoxy) is 2. The first-order valence-electron chi connectivity index (χ1n) is 15.9. The van der Waals surface area contributed by atoms with E-state index in [9.17, 15) is 9.59 Å². The maximum Gasteiger partial charge on any atom is 0.220 e. The molecule has 0 heterocycles. The predicted octanol–water partition coefficient (Wildman–Crippen LogP) is 7.94. The second-order valence-electron chi connectivity index (χ2n) is 13.2. The van der Waals surface area contributed by atoms with Crippen molar-refractivity contribution in [1.82, 2.24) is 5.32 Å². The number of amides is 1. The second kappa shape index (κ2) is 17.9. The van der Waals surface area contributed by atoms with Gasteiger partial charge in [-0.25, -0.2) is 0 Å². The molecule has 0 radical (unpaired) electrons. The normalized spacial score (nSPS) is 20.4. The van der Waals surface area contributed by atoms with Crippen molar-refractivity contribution in [3.05, 3.63) is 59.7 Å². The molecule has 1 aromatic carbocycles. The lowest BCUT2D eigenvalue weighted by Gasteiger charge is -2.44. The van der Waals surface area contributed by atoms with Crippen molar-refractivity contribution >= 4 is 20.0 Å². The number of hydrogen-bond donors (Lipinski definition) is 1. The minimum Gasteiger partial charge on any atom is -0.413 e. The van der Waals surface area contributed by atoms with Crippen molar-refractivity contribution in [2.24, 2.45) is 5.92 Å². The highest BCUT2D eigenvalue weighted by molar-refractivity contribution is 6.74. The van der Waals surface area contributed by atoms with Crippen LogP contribution in [0.3, 0.4) is 0 Å². The Morgan fingerprint density at radius 3 is 2.48 bits per heavy atom. The molecule has 1 aliphatic carbocycles. The Labute approximate surface area is 256 Å². The number of Topliss-reactive ketones (excluding diaryl/α,β-unsaturated/α-hetero) is 1. The second-order valence-corrected chi connectivity index (χ2v) is 17.9. The summed E-state index contributed by atoms with van der Waals surface area (Å²) in [5.41, 5.74) is 1.70.